The number of ether oxygens (including phenoxy) is 4. The highest BCUT2D eigenvalue weighted by molar-refractivity contribution is 7.98. The highest BCUT2D eigenvalue weighted by atomic mass is 32.2. The van der Waals surface area contributed by atoms with E-state index in [0.717, 1.165) is 32.1 Å². The van der Waals surface area contributed by atoms with Gasteiger partial charge >= 0.3 is 0 Å². The van der Waals surface area contributed by atoms with Crippen molar-refractivity contribution in [2.24, 2.45) is 0 Å². The fourth-order valence-electron chi connectivity index (χ4n) is 14.1. The maximum absolute atomic E-state index is 16.5. The zero-order valence-electron chi connectivity index (χ0n) is 55.9. The number of imide groups is 2. The minimum Gasteiger partial charge on any atom is -0.457 e. The van der Waals surface area contributed by atoms with Gasteiger partial charge in [0.05, 0.1) is 22.3 Å². The van der Waals surface area contributed by atoms with Gasteiger partial charge in [-0.15, -0.1) is 0 Å². The maximum Gasteiger partial charge on any atom is 0.262 e. The van der Waals surface area contributed by atoms with E-state index in [0.29, 0.717) is 66.8 Å². The number of rotatable bonds is 26. The van der Waals surface area contributed by atoms with Crippen LogP contribution in [0.4, 0.5) is 0 Å². The van der Waals surface area contributed by atoms with E-state index < -0.39 is 47.5 Å². The molecule has 0 aromatic heterocycles. The number of benzene rings is 13. The molecule has 0 N–H and O–H groups in total. The normalized spacial score (nSPS) is 13.2. The molecule has 102 heavy (non-hydrogen) atoms. The molecular formula is C86H68N4O10S2. The molecule has 13 aromatic carbocycles. The van der Waals surface area contributed by atoms with Gasteiger partial charge in [-0.25, -0.2) is 0 Å². The van der Waals surface area contributed by atoms with Crippen LogP contribution in [0.15, 0.2) is 267 Å². The predicted octanol–water partition coefficient (Wildman–Crippen LogP) is 18.8. The van der Waals surface area contributed by atoms with Crippen LogP contribution in [0.2, 0.25) is 0 Å². The first-order chi connectivity index (χ1) is 50.0. The Kier molecular flexibility index (Phi) is 19.0. The number of hydrogen-bond acceptors (Lipinski definition) is 12. The molecule has 2 unspecified atom stereocenters. The van der Waals surface area contributed by atoms with Crippen LogP contribution in [0.5, 0.6) is 46.0 Å². The molecule has 2 aliphatic rings. The van der Waals surface area contributed by atoms with Gasteiger partial charge in [0, 0.05) is 69.3 Å². The Labute approximate surface area is 598 Å². The van der Waals surface area contributed by atoms with Gasteiger partial charge in [-0.3, -0.25) is 38.6 Å². The highest BCUT2D eigenvalue weighted by Gasteiger charge is 2.47. The zero-order valence-corrected chi connectivity index (χ0v) is 57.5. The summed E-state index contributed by atoms with van der Waals surface area (Å²) in [7, 11) is 0. The zero-order chi connectivity index (χ0) is 69.8. The minimum absolute atomic E-state index is 0.0574. The number of thioether (sulfide) groups is 2. The Hall–Kier alpha value is -11.7. The Morgan fingerprint density at radius 3 is 0.745 bits per heavy atom. The molecule has 0 bridgehead atoms. The van der Waals surface area contributed by atoms with E-state index in [9.17, 15) is 0 Å². The van der Waals surface area contributed by atoms with Crippen molar-refractivity contribution in [2.75, 3.05) is 24.0 Å². The summed E-state index contributed by atoms with van der Waals surface area (Å²) in [5.74, 6) is -0.925. The van der Waals surface area contributed by atoms with E-state index in [1.54, 1.807) is 82.6 Å². The predicted molar refractivity (Wildman–Crippen MR) is 403 cm³/mol. The molecule has 0 spiro atoms. The van der Waals surface area contributed by atoms with Gasteiger partial charge in [-0.05, 0) is 132 Å². The van der Waals surface area contributed by atoms with Gasteiger partial charge in [0.1, 0.15) is 58.1 Å². The average Bonchev–Trinajstić information content (AvgIpc) is 0.671. The van der Waals surface area contributed by atoms with Crippen LogP contribution in [0.1, 0.15) is 76.5 Å². The van der Waals surface area contributed by atoms with Crippen molar-refractivity contribution in [3.63, 3.8) is 0 Å². The van der Waals surface area contributed by atoms with Gasteiger partial charge in [0.15, 0.2) is 0 Å². The molecule has 2 atom stereocenters. The summed E-state index contributed by atoms with van der Waals surface area (Å²) >= 11 is 3.00. The molecule has 15 rings (SSSR count). The lowest BCUT2D eigenvalue weighted by atomic mass is 9.80. The van der Waals surface area contributed by atoms with Crippen LogP contribution >= 0.6 is 23.5 Å². The largest absolute Gasteiger partial charge is 0.457 e. The van der Waals surface area contributed by atoms with E-state index in [-0.39, 0.29) is 95.0 Å². The van der Waals surface area contributed by atoms with Gasteiger partial charge in [0.2, 0.25) is 11.8 Å². The molecule has 504 valence electrons. The van der Waals surface area contributed by atoms with Crippen molar-refractivity contribution in [1.29, 1.82) is 0 Å². The Morgan fingerprint density at radius 2 is 0.529 bits per heavy atom. The maximum atomic E-state index is 16.5. The highest BCUT2D eigenvalue weighted by Crippen LogP contribution is 2.58. The van der Waals surface area contributed by atoms with Gasteiger partial charge in [0.25, 0.3) is 23.6 Å². The minimum atomic E-state index is -1.30. The second-order valence-corrected chi connectivity index (χ2v) is 27.2. The van der Waals surface area contributed by atoms with Crippen LogP contribution in [0, 0.1) is 0 Å². The standard InChI is InChI=1S/C86H68N4O10S2/c1-101-45-43-67(85(95)87(51-55-27-11-3-12-28-55)52-56-29-13-4-14-30-56)89-81(91)63-47-69(97-59-35-19-7-20-36-59)75-77-71(99-61-39-23-9-24-40-61)49-65-74-66(84(94)90(83(65)93)68(44-46-102-2)86(96)88(53-57-31-15-5-16-32-57)54-58-33-17-6-18-34-58)50-72(100-62-41-25-10-26-42-62)78(80(74)77)76-70(98-60-37-21-8-22-38-60)48-64(82(89)92)73(63)79(75)76/h3-42,47-50,67-68H,43-46,51-54H2,1-2H3. The Balaban J connectivity index is 1.02. The second kappa shape index (κ2) is 29.2. The van der Waals surface area contributed by atoms with Crippen molar-refractivity contribution in [2.45, 2.75) is 51.1 Å². The van der Waals surface area contributed by atoms with E-state index in [1.165, 1.54) is 23.5 Å². The molecule has 0 saturated carbocycles. The molecule has 0 radical (unpaired) electrons. The number of para-hydroxylation sites is 4. The molecule has 0 aliphatic carbocycles. The summed E-state index contributed by atoms with van der Waals surface area (Å²) in [4.78, 5) is 104. The number of amides is 6. The molecular weight excluding hydrogens is 1310 g/mol. The first-order valence-electron chi connectivity index (χ1n) is 33.8. The molecule has 6 amide bonds. The quantitative estimate of drug-likeness (QED) is 0.0288. The summed E-state index contributed by atoms with van der Waals surface area (Å²) in [6.45, 7) is 0.749. The smallest absolute Gasteiger partial charge is 0.262 e. The number of nitrogens with zero attached hydrogens (tertiary/aromatic N) is 4. The fourth-order valence-corrected chi connectivity index (χ4v) is 15.1. The molecule has 2 aliphatic heterocycles. The third-order valence-corrected chi connectivity index (χ3v) is 20.0. The number of hydrogen-bond donors (Lipinski definition) is 0. The van der Waals surface area contributed by atoms with Crippen molar-refractivity contribution < 1.29 is 47.7 Å². The van der Waals surface area contributed by atoms with E-state index in [2.05, 4.69) is 0 Å². The van der Waals surface area contributed by atoms with Crippen molar-refractivity contribution in [1.82, 2.24) is 19.6 Å². The SMILES string of the molecule is CSCCC(C(=O)N(Cc1ccccc1)Cc1ccccc1)N1C(=O)c2cc(Oc3ccccc3)c3c4c(Oc5ccccc5)cc5c6c(cc(Oc7ccccc7)c(c7c(Oc8ccccc8)cc(c2c37)C1=O)c64)C(=O)N(C(CCSC)C(=O)N(Cc1ccccc1)Cc1ccccc1)C5=O. The topological polar surface area (TPSA) is 152 Å². The molecule has 13 aromatic rings. The van der Waals surface area contributed by atoms with E-state index >= 15 is 28.8 Å². The summed E-state index contributed by atoms with van der Waals surface area (Å²) in [5.41, 5.74) is 3.68. The summed E-state index contributed by atoms with van der Waals surface area (Å²) in [6, 6.07) is 78.8. The molecule has 2 heterocycles. The average molecular weight is 1380 g/mol. The van der Waals surface area contributed by atoms with E-state index in [4.69, 9.17) is 18.9 Å². The Bertz CT molecular complexity index is 4670. The van der Waals surface area contributed by atoms with Gasteiger partial charge in [-0.2, -0.15) is 23.5 Å². The van der Waals surface area contributed by atoms with Crippen LogP contribution in [0.25, 0.3) is 43.1 Å². The first kappa shape index (κ1) is 66.2. The van der Waals surface area contributed by atoms with Crippen LogP contribution in [-0.2, 0) is 35.8 Å². The Morgan fingerprint density at radius 1 is 0.314 bits per heavy atom. The van der Waals surface area contributed by atoms with Gasteiger partial charge < -0.3 is 28.7 Å². The lowest BCUT2D eigenvalue weighted by Gasteiger charge is -2.38. The lowest BCUT2D eigenvalue weighted by molar-refractivity contribution is -0.137. The van der Waals surface area contributed by atoms with Crippen LogP contribution < -0.4 is 18.9 Å². The fraction of sp³-hybridized carbons (Fsp3) is 0.140. The van der Waals surface area contributed by atoms with Crippen molar-refractivity contribution in [3.05, 3.63) is 311 Å². The number of carbonyl (C=O) groups excluding carboxylic acids is 6. The molecule has 0 fully saturated rings. The molecule has 0 saturated heterocycles. The van der Waals surface area contributed by atoms with E-state index in [1.807, 2.05) is 207 Å². The lowest BCUT2D eigenvalue weighted by Crippen LogP contribution is -2.54. The summed E-state index contributed by atoms with van der Waals surface area (Å²) < 4.78 is 28.8. The molecule has 14 nitrogen and oxygen atoms in total. The monoisotopic (exact) mass is 1380 g/mol. The third kappa shape index (κ3) is 12.9. The van der Waals surface area contributed by atoms with Crippen molar-refractivity contribution in [3.8, 4) is 46.0 Å². The van der Waals surface area contributed by atoms with Crippen LogP contribution in [0.3, 0.4) is 0 Å². The first-order valence-corrected chi connectivity index (χ1v) is 36.6. The third-order valence-electron chi connectivity index (χ3n) is 18.7. The molecule has 16 heteroatoms. The number of carbonyl (C=O) groups is 6. The van der Waals surface area contributed by atoms with Crippen molar-refractivity contribution >= 4 is 102 Å². The second-order valence-electron chi connectivity index (χ2n) is 25.2. The summed E-state index contributed by atoms with van der Waals surface area (Å²) in [5, 5.41) is 2.42. The number of fused-ring (bicyclic) bond motifs is 2. The van der Waals surface area contributed by atoms with Crippen LogP contribution in [-0.4, -0.2) is 91.1 Å². The van der Waals surface area contributed by atoms with Gasteiger partial charge in [-0.1, -0.05) is 194 Å². The summed E-state index contributed by atoms with van der Waals surface area (Å²) in [6.07, 6.45) is 4.08.